The average molecular weight is 519 g/mol. The van der Waals surface area contributed by atoms with Gasteiger partial charge in [-0.2, -0.15) is 0 Å². The van der Waals surface area contributed by atoms with Gasteiger partial charge in [0, 0.05) is 35.3 Å². The third-order valence-electron chi connectivity index (χ3n) is 6.01. The van der Waals surface area contributed by atoms with Crippen LogP contribution in [0.25, 0.3) is 20.3 Å². The van der Waals surface area contributed by atoms with Crippen LogP contribution in [-0.4, -0.2) is 46.9 Å². The number of anilines is 1. The number of thiophene rings is 1. The van der Waals surface area contributed by atoms with Crippen molar-refractivity contribution in [2.75, 3.05) is 31.1 Å². The summed E-state index contributed by atoms with van der Waals surface area (Å²) in [6.07, 6.45) is 0. The van der Waals surface area contributed by atoms with Crippen molar-refractivity contribution in [2.24, 2.45) is 0 Å². The van der Waals surface area contributed by atoms with E-state index in [1.165, 1.54) is 40.4 Å². The zero-order valence-electron chi connectivity index (χ0n) is 19.5. The summed E-state index contributed by atoms with van der Waals surface area (Å²) in [7, 11) is 0. The number of carbonyl (C=O) groups is 1. The SMILES string of the molecule is CCN(CC)CCN(C(=O)c1cc2cc([N+](=O)[O-])ccc2s1)c1nc2c(C)c(C)ccc2s1.Cl. The molecule has 0 saturated heterocycles. The minimum Gasteiger partial charge on any atom is -0.302 e. The van der Waals surface area contributed by atoms with Crippen LogP contribution in [0, 0.1) is 24.0 Å². The number of thiazole rings is 1. The van der Waals surface area contributed by atoms with Gasteiger partial charge in [0.2, 0.25) is 0 Å². The van der Waals surface area contributed by atoms with Crippen LogP contribution in [-0.2, 0) is 0 Å². The van der Waals surface area contributed by atoms with Crippen molar-refractivity contribution >= 4 is 72.1 Å². The van der Waals surface area contributed by atoms with E-state index in [0.29, 0.717) is 21.9 Å². The van der Waals surface area contributed by atoms with Gasteiger partial charge in [0.25, 0.3) is 11.6 Å². The molecule has 4 aromatic rings. The number of carbonyl (C=O) groups excluding carboxylic acids is 1. The summed E-state index contributed by atoms with van der Waals surface area (Å²) in [5, 5.41) is 12.5. The third-order valence-corrected chi connectivity index (χ3v) is 8.15. The van der Waals surface area contributed by atoms with Crippen LogP contribution in [0.5, 0.6) is 0 Å². The molecule has 0 saturated carbocycles. The highest BCUT2D eigenvalue weighted by Crippen LogP contribution is 2.35. The Morgan fingerprint density at radius 3 is 2.41 bits per heavy atom. The zero-order chi connectivity index (χ0) is 23.7. The lowest BCUT2D eigenvalue weighted by molar-refractivity contribution is -0.384. The number of nitro benzene ring substituents is 1. The van der Waals surface area contributed by atoms with E-state index in [1.807, 2.05) is 0 Å². The highest BCUT2D eigenvalue weighted by molar-refractivity contribution is 7.23. The molecule has 34 heavy (non-hydrogen) atoms. The summed E-state index contributed by atoms with van der Waals surface area (Å²) < 4.78 is 1.91. The van der Waals surface area contributed by atoms with Gasteiger partial charge >= 0.3 is 0 Å². The Hall–Kier alpha value is -2.59. The summed E-state index contributed by atoms with van der Waals surface area (Å²) in [5.74, 6) is -0.126. The molecule has 0 bridgehead atoms. The van der Waals surface area contributed by atoms with Gasteiger partial charge in [0.05, 0.1) is 20.0 Å². The maximum absolute atomic E-state index is 13.7. The van der Waals surface area contributed by atoms with Crippen molar-refractivity contribution in [2.45, 2.75) is 27.7 Å². The molecular formula is C24H27ClN4O3S2. The molecule has 2 aromatic carbocycles. The monoisotopic (exact) mass is 518 g/mol. The predicted octanol–water partition coefficient (Wildman–Crippen LogP) is 6.45. The van der Waals surface area contributed by atoms with Crippen molar-refractivity contribution in [3.63, 3.8) is 0 Å². The lowest BCUT2D eigenvalue weighted by atomic mass is 10.1. The first-order valence-electron chi connectivity index (χ1n) is 10.9. The summed E-state index contributed by atoms with van der Waals surface area (Å²) in [6, 6.07) is 10.6. The second kappa shape index (κ2) is 10.8. The number of amides is 1. The van der Waals surface area contributed by atoms with Crippen LogP contribution in [0.3, 0.4) is 0 Å². The van der Waals surface area contributed by atoms with Crippen LogP contribution in [0.4, 0.5) is 10.8 Å². The van der Waals surface area contributed by atoms with Crippen LogP contribution in [0.1, 0.15) is 34.6 Å². The van der Waals surface area contributed by atoms with Crippen LogP contribution in [0.2, 0.25) is 0 Å². The molecule has 2 aromatic heterocycles. The van der Waals surface area contributed by atoms with Gasteiger partial charge in [-0.05, 0) is 56.3 Å². The second-order valence-electron chi connectivity index (χ2n) is 7.92. The largest absolute Gasteiger partial charge is 0.302 e. The van der Waals surface area contributed by atoms with Gasteiger partial charge in [-0.3, -0.25) is 19.8 Å². The van der Waals surface area contributed by atoms with Crippen molar-refractivity contribution < 1.29 is 9.72 Å². The highest BCUT2D eigenvalue weighted by Gasteiger charge is 2.24. The van der Waals surface area contributed by atoms with Crippen molar-refractivity contribution in [3.05, 3.63) is 62.5 Å². The van der Waals surface area contributed by atoms with Gasteiger partial charge in [-0.25, -0.2) is 4.98 Å². The van der Waals surface area contributed by atoms with E-state index in [-0.39, 0.29) is 24.0 Å². The minimum atomic E-state index is -0.416. The highest BCUT2D eigenvalue weighted by atomic mass is 35.5. The standard InChI is InChI=1S/C24H26N4O3S2.ClH/c1-5-26(6-2)11-12-27(24-25-22-16(4)15(3)7-9-20(22)33-24)23(29)21-14-17-13-18(28(30)31)8-10-19(17)32-21;/h7-10,13-14H,5-6,11-12H2,1-4H3;1H. The number of non-ortho nitro benzene ring substituents is 1. The van der Waals surface area contributed by atoms with E-state index in [4.69, 9.17) is 4.98 Å². The number of rotatable bonds is 8. The number of likely N-dealkylation sites (N-methyl/N-ethyl adjacent to an activating group) is 1. The van der Waals surface area contributed by atoms with Crippen LogP contribution in [0.15, 0.2) is 36.4 Å². The lowest BCUT2D eigenvalue weighted by Crippen LogP contribution is -2.38. The van der Waals surface area contributed by atoms with Gasteiger partial charge in [-0.1, -0.05) is 31.3 Å². The molecule has 10 heteroatoms. The molecule has 0 N–H and O–H groups in total. The normalized spacial score (nSPS) is 11.2. The molecule has 7 nitrogen and oxygen atoms in total. The minimum absolute atomic E-state index is 0. The molecule has 0 radical (unpaired) electrons. The fourth-order valence-corrected chi connectivity index (χ4v) is 5.82. The lowest BCUT2D eigenvalue weighted by Gasteiger charge is -2.24. The first-order chi connectivity index (χ1) is 15.8. The molecule has 2 heterocycles. The van der Waals surface area contributed by atoms with E-state index >= 15 is 0 Å². The molecule has 0 aliphatic carbocycles. The topological polar surface area (TPSA) is 79.6 Å². The number of hydrogen-bond acceptors (Lipinski definition) is 7. The maximum Gasteiger partial charge on any atom is 0.270 e. The number of nitrogens with zero attached hydrogens (tertiary/aromatic N) is 4. The molecule has 0 fully saturated rings. The van der Waals surface area contributed by atoms with E-state index < -0.39 is 4.92 Å². The molecule has 0 atom stereocenters. The quantitative estimate of drug-likeness (QED) is 0.198. The number of halogens is 1. The van der Waals surface area contributed by atoms with Gasteiger partial charge in [-0.15, -0.1) is 23.7 Å². The number of benzene rings is 2. The molecule has 1 amide bonds. The Morgan fingerprint density at radius 1 is 1.03 bits per heavy atom. The summed E-state index contributed by atoms with van der Waals surface area (Å²) in [6.45, 7) is 11.4. The molecule has 0 spiro atoms. The van der Waals surface area contributed by atoms with E-state index in [0.717, 1.165) is 40.1 Å². The fraction of sp³-hybridized carbons (Fsp3) is 0.333. The first kappa shape index (κ1) is 26.0. The summed E-state index contributed by atoms with van der Waals surface area (Å²) in [5.41, 5.74) is 3.25. The van der Waals surface area contributed by atoms with E-state index in [2.05, 4.69) is 44.7 Å². The van der Waals surface area contributed by atoms with Gasteiger partial charge in [0.15, 0.2) is 5.13 Å². The summed E-state index contributed by atoms with van der Waals surface area (Å²) >= 11 is 2.88. The molecule has 180 valence electrons. The van der Waals surface area contributed by atoms with Crippen LogP contribution < -0.4 is 4.90 Å². The molecule has 0 aliphatic rings. The van der Waals surface area contributed by atoms with Crippen LogP contribution >= 0.6 is 35.1 Å². The van der Waals surface area contributed by atoms with Crippen molar-refractivity contribution in [1.29, 1.82) is 0 Å². The Balaban J connectivity index is 0.00000324. The smallest absolute Gasteiger partial charge is 0.270 e. The first-order valence-corrected chi connectivity index (χ1v) is 12.5. The second-order valence-corrected chi connectivity index (χ2v) is 10.0. The summed E-state index contributed by atoms with van der Waals surface area (Å²) in [4.78, 5) is 33.9. The van der Waals surface area contributed by atoms with E-state index in [1.54, 1.807) is 17.0 Å². The number of nitro groups is 1. The van der Waals surface area contributed by atoms with Gasteiger partial charge in [0.1, 0.15) is 0 Å². The predicted molar refractivity (Wildman–Crippen MR) is 144 cm³/mol. The zero-order valence-corrected chi connectivity index (χ0v) is 22.0. The van der Waals surface area contributed by atoms with Gasteiger partial charge < -0.3 is 4.90 Å². The average Bonchev–Trinajstić information content (AvgIpc) is 3.43. The molecule has 4 rings (SSSR count). The molecule has 0 aliphatic heterocycles. The number of fused-ring (bicyclic) bond motifs is 2. The van der Waals surface area contributed by atoms with E-state index in [9.17, 15) is 14.9 Å². The molecular weight excluding hydrogens is 492 g/mol. The van der Waals surface area contributed by atoms with Crippen molar-refractivity contribution in [1.82, 2.24) is 9.88 Å². The third kappa shape index (κ3) is 5.07. The number of aromatic nitrogens is 1. The fourth-order valence-electron chi connectivity index (χ4n) is 3.78. The number of hydrogen-bond donors (Lipinski definition) is 0. The molecule has 0 unspecified atom stereocenters. The Kier molecular flexibility index (Phi) is 8.25. The Labute approximate surface area is 212 Å². The Morgan fingerprint density at radius 2 is 1.74 bits per heavy atom. The Bertz CT molecular complexity index is 1350. The van der Waals surface area contributed by atoms with Crippen molar-refractivity contribution in [3.8, 4) is 0 Å². The maximum atomic E-state index is 13.7. The number of aryl methyl sites for hydroxylation is 2.